The van der Waals surface area contributed by atoms with E-state index in [0.717, 1.165) is 29.7 Å². The molecule has 5 rings (SSSR count). The molecule has 38 heavy (non-hydrogen) atoms. The second kappa shape index (κ2) is 9.94. The number of halogens is 1. The molecule has 1 aliphatic rings. The molecule has 196 valence electrons. The van der Waals surface area contributed by atoms with Gasteiger partial charge in [0.25, 0.3) is 5.91 Å². The smallest absolute Gasteiger partial charge is 0.254 e. The van der Waals surface area contributed by atoms with Crippen molar-refractivity contribution in [1.29, 1.82) is 0 Å². The lowest BCUT2D eigenvalue weighted by molar-refractivity contribution is -0.123. The van der Waals surface area contributed by atoms with Gasteiger partial charge in [-0.05, 0) is 64.2 Å². The summed E-state index contributed by atoms with van der Waals surface area (Å²) in [6.07, 6.45) is 6.23. The maximum Gasteiger partial charge on any atom is 0.254 e. The third-order valence-corrected chi connectivity index (χ3v) is 7.04. The molecule has 4 aromatic rings. The number of aromatic nitrogens is 4. The second-order valence-electron chi connectivity index (χ2n) is 10.3. The van der Waals surface area contributed by atoms with Gasteiger partial charge in [0.15, 0.2) is 0 Å². The van der Waals surface area contributed by atoms with Crippen LogP contribution < -0.4 is 10.6 Å². The molecule has 0 aliphatic carbocycles. The van der Waals surface area contributed by atoms with Crippen LogP contribution in [0.1, 0.15) is 48.2 Å². The molecule has 0 atom stereocenters. The first-order valence-electron chi connectivity index (χ1n) is 12.5. The summed E-state index contributed by atoms with van der Waals surface area (Å²) in [6.45, 7) is 5.08. The lowest BCUT2D eigenvalue weighted by Crippen LogP contribution is -2.30. The fourth-order valence-corrected chi connectivity index (χ4v) is 4.75. The van der Waals surface area contributed by atoms with Gasteiger partial charge in [0.1, 0.15) is 11.6 Å². The van der Waals surface area contributed by atoms with Gasteiger partial charge in [-0.25, -0.2) is 9.97 Å². The average Bonchev–Trinajstić information content (AvgIpc) is 3.48. The molecule has 2 N–H and O–H groups in total. The number of nitrogens with one attached hydrogen (secondary N) is 2. The Morgan fingerprint density at radius 2 is 1.97 bits per heavy atom. The van der Waals surface area contributed by atoms with Crippen molar-refractivity contribution in [1.82, 2.24) is 29.6 Å². The van der Waals surface area contributed by atoms with Crippen molar-refractivity contribution >= 4 is 29.0 Å². The summed E-state index contributed by atoms with van der Waals surface area (Å²) in [5, 5.41) is 6.15. The molecule has 0 spiro atoms. The van der Waals surface area contributed by atoms with E-state index >= 15 is 0 Å². The summed E-state index contributed by atoms with van der Waals surface area (Å²) in [5.41, 5.74) is 3.67. The number of ketones is 1. The Morgan fingerprint density at radius 3 is 2.71 bits per heavy atom. The van der Waals surface area contributed by atoms with E-state index in [1.54, 1.807) is 23.0 Å². The van der Waals surface area contributed by atoms with Crippen LogP contribution >= 0.6 is 0 Å². The Bertz CT molecular complexity index is 1530. The number of hydrogen-bond donors (Lipinski definition) is 2. The van der Waals surface area contributed by atoms with Crippen molar-refractivity contribution in [2.24, 2.45) is 0 Å². The van der Waals surface area contributed by atoms with Gasteiger partial charge in [0, 0.05) is 42.4 Å². The van der Waals surface area contributed by atoms with E-state index in [2.05, 4.69) is 30.5 Å². The van der Waals surface area contributed by atoms with Crippen LogP contribution in [-0.4, -0.2) is 56.6 Å². The summed E-state index contributed by atoms with van der Waals surface area (Å²) < 4.78 is 15.2. The molecule has 0 fully saturated rings. The molecule has 1 amide bonds. The highest BCUT2D eigenvalue weighted by Gasteiger charge is 2.30. The number of pyridine rings is 1. The number of anilines is 2. The molecule has 1 aromatic carbocycles. The zero-order chi connectivity index (χ0) is 27.0. The minimum Gasteiger partial charge on any atom is -0.348 e. The second-order valence-corrected chi connectivity index (χ2v) is 10.3. The Labute approximate surface area is 220 Å². The Kier molecular flexibility index (Phi) is 6.66. The number of hydrogen-bond acceptors (Lipinski definition) is 7. The van der Waals surface area contributed by atoms with Gasteiger partial charge in [-0.15, -0.1) is 0 Å². The van der Waals surface area contributed by atoms with E-state index in [-0.39, 0.29) is 17.5 Å². The molecule has 0 radical (unpaired) electrons. The molecule has 1 aliphatic heterocycles. The van der Waals surface area contributed by atoms with Crippen molar-refractivity contribution in [3.8, 4) is 11.3 Å². The molecule has 3 aromatic heterocycles. The number of carbonyl (C=O) groups is 2. The van der Waals surface area contributed by atoms with Crippen LogP contribution in [0.4, 0.5) is 15.9 Å². The minimum absolute atomic E-state index is 0.178. The minimum atomic E-state index is -0.646. The molecular formula is C28H30FN7O2. The molecule has 0 unspecified atom stereocenters. The zero-order valence-corrected chi connectivity index (χ0v) is 21.9. The van der Waals surface area contributed by atoms with Gasteiger partial charge in [-0.3, -0.25) is 14.0 Å². The van der Waals surface area contributed by atoms with E-state index in [0.29, 0.717) is 35.7 Å². The fraction of sp³-hybridized carbons (Fsp3) is 0.321. The van der Waals surface area contributed by atoms with E-state index in [4.69, 9.17) is 0 Å². The first-order valence-corrected chi connectivity index (χ1v) is 12.5. The first-order chi connectivity index (χ1) is 18.1. The van der Waals surface area contributed by atoms with Crippen LogP contribution in [0.15, 0.2) is 48.9 Å². The zero-order valence-electron chi connectivity index (χ0n) is 21.9. The number of Topliss-reactive ketones (excluding diaryl/α,β-unsaturated/α-hetero) is 1. The van der Waals surface area contributed by atoms with Gasteiger partial charge in [0.2, 0.25) is 11.7 Å². The number of amides is 1. The highest BCUT2D eigenvalue weighted by atomic mass is 19.1. The number of benzene rings is 1. The predicted octanol–water partition coefficient (Wildman–Crippen LogP) is 4.11. The van der Waals surface area contributed by atoms with Crippen LogP contribution in [0.3, 0.4) is 0 Å². The first kappa shape index (κ1) is 25.5. The summed E-state index contributed by atoms with van der Waals surface area (Å²) in [4.78, 5) is 40.3. The van der Waals surface area contributed by atoms with E-state index in [9.17, 15) is 14.0 Å². The van der Waals surface area contributed by atoms with E-state index in [1.165, 1.54) is 6.07 Å². The lowest BCUT2D eigenvalue weighted by Gasteiger charge is -2.24. The summed E-state index contributed by atoms with van der Waals surface area (Å²) in [6, 6.07) is 8.72. The molecule has 0 bridgehead atoms. The van der Waals surface area contributed by atoms with Gasteiger partial charge < -0.3 is 15.5 Å². The molecule has 4 heterocycles. The van der Waals surface area contributed by atoms with Gasteiger partial charge in [-0.2, -0.15) is 9.37 Å². The van der Waals surface area contributed by atoms with Gasteiger partial charge in [0.05, 0.1) is 23.1 Å². The molecular weight excluding hydrogens is 485 g/mol. The summed E-state index contributed by atoms with van der Waals surface area (Å²) in [5.74, 6) is 0.193. The van der Waals surface area contributed by atoms with Crippen molar-refractivity contribution < 1.29 is 14.0 Å². The number of carbonyl (C=O) groups excluding carboxylic acids is 2. The normalized spacial score (nSPS) is 13.2. The monoisotopic (exact) mass is 515 g/mol. The lowest BCUT2D eigenvalue weighted by atomic mass is 9.80. The fourth-order valence-electron chi connectivity index (χ4n) is 4.75. The third kappa shape index (κ3) is 4.74. The van der Waals surface area contributed by atoms with Gasteiger partial charge in [-0.1, -0.05) is 12.1 Å². The van der Waals surface area contributed by atoms with Crippen molar-refractivity contribution in [2.45, 2.75) is 38.6 Å². The third-order valence-electron chi connectivity index (χ3n) is 7.04. The van der Waals surface area contributed by atoms with Crippen LogP contribution in [0.5, 0.6) is 0 Å². The van der Waals surface area contributed by atoms with Crippen molar-refractivity contribution in [3.05, 3.63) is 71.6 Å². The largest absolute Gasteiger partial charge is 0.348 e. The number of rotatable bonds is 9. The highest BCUT2D eigenvalue weighted by Crippen LogP contribution is 2.35. The molecule has 10 heteroatoms. The van der Waals surface area contributed by atoms with Crippen LogP contribution in [-0.2, 0) is 16.8 Å². The summed E-state index contributed by atoms with van der Waals surface area (Å²) >= 11 is 0. The SMILES string of the molecule is CN(C)CCCC(=O)C(C)(C)c1ccc(Nc2ccc(-c3cnc4nc(F)ccn34)c3c2C(=O)NC3)nc1. The quantitative estimate of drug-likeness (QED) is 0.323. The molecule has 9 nitrogen and oxygen atoms in total. The number of nitrogens with zero attached hydrogens (tertiary/aromatic N) is 5. The maximum absolute atomic E-state index is 13.5. The van der Waals surface area contributed by atoms with Crippen molar-refractivity contribution in [2.75, 3.05) is 26.0 Å². The Balaban J connectivity index is 1.39. The van der Waals surface area contributed by atoms with Gasteiger partial charge >= 0.3 is 0 Å². The predicted molar refractivity (Wildman–Crippen MR) is 143 cm³/mol. The van der Waals surface area contributed by atoms with E-state index < -0.39 is 11.4 Å². The Morgan fingerprint density at radius 1 is 1.16 bits per heavy atom. The maximum atomic E-state index is 13.5. The highest BCUT2D eigenvalue weighted by molar-refractivity contribution is 6.06. The van der Waals surface area contributed by atoms with Crippen LogP contribution in [0.2, 0.25) is 0 Å². The number of imidazole rings is 1. The average molecular weight is 516 g/mol. The van der Waals surface area contributed by atoms with E-state index in [1.807, 2.05) is 52.2 Å². The molecule has 0 saturated heterocycles. The number of fused-ring (bicyclic) bond motifs is 2. The standard InChI is InChI=1S/C28H30FN7O2/c1-28(2,22(37)6-5-12-35(3)4)17-7-10-24(30-14-17)33-20-9-8-18(19-15-31-26(38)25(19)20)21-16-32-27-34-23(29)11-13-36(21)27/h7-11,13-14,16H,5-6,12,15H2,1-4H3,(H,30,33)(H,31,38). The Hall–Kier alpha value is -4.18. The topological polar surface area (TPSA) is 105 Å². The van der Waals surface area contributed by atoms with Crippen LogP contribution in [0.25, 0.3) is 17.0 Å². The molecule has 0 saturated carbocycles. The van der Waals surface area contributed by atoms with Crippen LogP contribution in [0, 0.1) is 5.95 Å². The summed E-state index contributed by atoms with van der Waals surface area (Å²) in [7, 11) is 3.99. The van der Waals surface area contributed by atoms with Crippen molar-refractivity contribution in [3.63, 3.8) is 0 Å².